The van der Waals surface area contributed by atoms with E-state index in [1.165, 1.54) is 11.4 Å². The number of sulfonamides is 1. The fraction of sp³-hybridized carbons (Fsp3) is 0.0667. The number of anilines is 1. The second-order valence-corrected chi connectivity index (χ2v) is 7.08. The Morgan fingerprint density at radius 3 is 2.67 bits per heavy atom. The van der Waals surface area contributed by atoms with Crippen molar-refractivity contribution in [1.82, 2.24) is 4.98 Å². The van der Waals surface area contributed by atoms with Gasteiger partial charge in [0.2, 0.25) is 0 Å². The van der Waals surface area contributed by atoms with E-state index in [-0.39, 0.29) is 4.90 Å². The van der Waals surface area contributed by atoms with Crippen molar-refractivity contribution in [2.24, 2.45) is 0 Å². The van der Waals surface area contributed by atoms with Crippen LogP contribution < -0.4 is 4.31 Å². The molecule has 0 aliphatic rings. The average molecular weight is 321 g/mol. The average Bonchev–Trinajstić information content (AvgIpc) is 2.93. The number of nitrogens with zero attached hydrogens (tertiary/aromatic N) is 1. The highest BCUT2D eigenvalue weighted by molar-refractivity contribution is 7.92. The van der Waals surface area contributed by atoms with Gasteiger partial charge in [-0.05, 0) is 42.5 Å². The van der Waals surface area contributed by atoms with Crippen LogP contribution in [0, 0.1) is 0 Å². The first-order valence-corrected chi connectivity index (χ1v) is 8.12. The molecule has 1 aromatic heterocycles. The van der Waals surface area contributed by atoms with Crippen LogP contribution in [0.1, 0.15) is 0 Å². The number of nitrogens with one attached hydrogen (secondary N) is 1. The van der Waals surface area contributed by atoms with Gasteiger partial charge in [0.05, 0.1) is 10.6 Å². The van der Waals surface area contributed by atoms with Crippen molar-refractivity contribution in [1.29, 1.82) is 0 Å². The SMILES string of the molecule is CN(c1cccc(Cl)c1)S(=O)(=O)c1ccc2[nH]ccc2c1. The third-order valence-electron chi connectivity index (χ3n) is 3.35. The van der Waals surface area contributed by atoms with Gasteiger partial charge in [-0.15, -0.1) is 0 Å². The van der Waals surface area contributed by atoms with Gasteiger partial charge in [-0.2, -0.15) is 0 Å². The van der Waals surface area contributed by atoms with Crippen molar-refractivity contribution in [3.63, 3.8) is 0 Å². The van der Waals surface area contributed by atoms with Crippen LogP contribution in [-0.2, 0) is 10.0 Å². The van der Waals surface area contributed by atoms with Crippen molar-refractivity contribution in [2.75, 3.05) is 11.4 Å². The van der Waals surface area contributed by atoms with E-state index in [2.05, 4.69) is 4.98 Å². The summed E-state index contributed by atoms with van der Waals surface area (Å²) in [7, 11) is -2.10. The van der Waals surface area contributed by atoms with Crippen LogP contribution in [-0.4, -0.2) is 20.4 Å². The summed E-state index contributed by atoms with van der Waals surface area (Å²) in [5.74, 6) is 0. The van der Waals surface area contributed by atoms with Gasteiger partial charge in [0.15, 0.2) is 0 Å². The minimum atomic E-state index is -3.62. The molecule has 0 amide bonds. The minimum Gasteiger partial charge on any atom is -0.361 e. The number of halogens is 1. The van der Waals surface area contributed by atoms with E-state index in [9.17, 15) is 8.42 Å². The van der Waals surface area contributed by atoms with Crippen molar-refractivity contribution in [2.45, 2.75) is 4.90 Å². The molecule has 0 fully saturated rings. The van der Waals surface area contributed by atoms with Crippen molar-refractivity contribution < 1.29 is 8.42 Å². The Kier molecular flexibility index (Phi) is 3.39. The van der Waals surface area contributed by atoms with Crippen LogP contribution in [0.4, 0.5) is 5.69 Å². The van der Waals surface area contributed by atoms with Gasteiger partial charge in [0.1, 0.15) is 0 Å². The van der Waals surface area contributed by atoms with Crippen LogP contribution in [0.5, 0.6) is 0 Å². The third kappa shape index (κ3) is 2.50. The Hall–Kier alpha value is -1.98. The number of benzene rings is 2. The van der Waals surface area contributed by atoms with E-state index in [1.807, 2.05) is 6.07 Å². The molecule has 0 unspecified atom stereocenters. The van der Waals surface area contributed by atoms with E-state index in [0.717, 1.165) is 10.9 Å². The Morgan fingerprint density at radius 2 is 1.90 bits per heavy atom. The van der Waals surface area contributed by atoms with Gasteiger partial charge in [0, 0.05) is 29.2 Å². The largest absolute Gasteiger partial charge is 0.361 e. The molecule has 1 N–H and O–H groups in total. The first kappa shape index (κ1) is 14.0. The normalized spacial score (nSPS) is 11.7. The maximum Gasteiger partial charge on any atom is 0.264 e. The number of rotatable bonds is 3. The molecular weight excluding hydrogens is 308 g/mol. The zero-order chi connectivity index (χ0) is 15.0. The molecule has 3 rings (SSSR count). The molecule has 0 radical (unpaired) electrons. The summed E-state index contributed by atoms with van der Waals surface area (Å²) in [6, 6.07) is 13.6. The Morgan fingerprint density at radius 1 is 1.10 bits per heavy atom. The molecule has 0 aliphatic carbocycles. The molecule has 1 heterocycles. The lowest BCUT2D eigenvalue weighted by molar-refractivity contribution is 0.594. The zero-order valence-electron chi connectivity index (χ0n) is 11.2. The predicted octanol–water partition coefficient (Wildman–Crippen LogP) is 3.65. The van der Waals surface area contributed by atoms with Crippen molar-refractivity contribution in [3.8, 4) is 0 Å². The molecule has 21 heavy (non-hydrogen) atoms. The molecule has 6 heteroatoms. The molecule has 4 nitrogen and oxygen atoms in total. The number of H-pyrrole nitrogens is 1. The van der Waals surface area contributed by atoms with Gasteiger partial charge >= 0.3 is 0 Å². The Bertz CT molecular complexity index is 903. The number of hydrogen-bond acceptors (Lipinski definition) is 2. The predicted molar refractivity (Wildman–Crippen MR) is 85.3 cm³/mol. The monoisotopic (exact) mass is 320 g/mol. The number of hydrogen-bond donors (Lipinski definition) is 1. The van der Waals surface area contributed by atoms with Gasteiger partial charge in [-0.25, -0.2) is 8.42 Å². The zero-order valence-corrected chi connectivity index (χ0v) is 12.8. The van der Waals surface area contributed by atoms with Gasteiger partial charge < -0.3 is 4.98 Å². The summed E-state index contributed by atoms with van der Waals surface area (Å²) in [5, 5.41) is 1.35. The van der Waals surface area contributed by atoms with Crippen LogP contribution in [0.3, 0.4) is 0 Å². The molecule has 3 aromatic rings. The summed E-state index contributed by atoms with van der Waals surface area (Å²) in [6.07, 6.45) is 1.78. The lowest BCUT2D eigenvalue weighted by Gasteiger charge is -2.19. The number of fused-ring (bicyclic) bond motifs is 1. The maximum atomic E-state index is 12.7. The van der Waals surface area contributed by atoms with Crippen molar-refractivity contribution in [3.05, 3.63) is 59.8 Å². The molecule has 0 saturated carbocycles. The first-order valence-electron chi connectivity index (χ1n) is 6.30. The molecule has 0 aliphatic heterocycles. The van der Waals surface area contributed by atoms with E-state index < -0.39 is 10.0 Å². The summed E-state index contributed by atoms with van der Waals surface area (Å²) in [6.45, 7) is 0. The van der Waals surface area contributed by atoms with E-state index in [4.69, 9.17) is 11.6 Å². The Balaban J connectivity index is 2.06. The van der Waals surface area contributed by atoms with Gasteiger partial charge in [-0.3, -0.25) is 4.31 Å². The van der Waals surface area contributed by atoms with Crippen LogP contribution >= 0.6 is 11.6 Å². The third-order valence-corrected chi connectivity index (χ3v) is 5.37. The van der Waals surface area contributed by atoms with Crippen LogP contribution in [0.15, 0.2) is 59.6 Å². The molecule has 108 valence electrons. The Labute approximate surface area is 128 Å². The quantitative estimate of drug-likeness (QED) is 0.801. The fourth-order valence-electron chi connectivity index (χ4n) is 2.16. The molecular formula is C15H13ClN2O2S. The summed E-state index contributed by atoms with van der Waals surface area (Å²) < 4.78 is 26.6. The molecule has 0 bridgehead atoms. The van der Waals surface area contributed by atoms with Gasteiger partial charge in [0.25, 0.3) is 10.0 Å². The number of aromatic nitrogens is 1. The smallest absolute Gasteiger partial charge is 0.264 e. The summed E-state index contributed by atoms with van der Waals surface area (Å²) in [5.41, 5.74) is 1.43. The first-order chi connectivity index (χ1) is 9.98. The maximum absolute atomic E-state index is 12.7. The molecule has 0 spiro atoms. The molecule has 0 saturated heterocycles. The standard InChI is InChI=1S/C15H13ClN2O2S/c1-18(13-4-2-3-12(16)10-13)21(19,20)14-5-6-15-11(9-14)7-8-17-15/h2-10,17H,1H3. The van der Waals surface area contributed by atoms with Crippen LogP contribution in [0.2, 0.25) is 5.02 Å². The van der Waals surface area contributed by atoms with Crippen molar-refractivity contribution >= 4 is 38.2 Å². The van der Waals surface area contributed by atoms with E-state index >= 15 is 0 Å². The van der Waals surface area contributed by atoms with Crippen LogP contribution in [0.25, 0.3) is 10.9 Å². The van der Waals surface area contributed by atoms with Gasteiger partial charge in [-0.1, -0.05) is 17.7 Å². The topological polar surface area (TPSA) is 53.2 Å². The second kappa shape index (κ2) is 5.09. The highest BCUT2D eigenvalue weighted by Gasteiger charge is 2.21. The van der Waals surface area contributed by atoms with E-state index in [0.29, 0.717) is 10.7 Å². The fourth-order valence-corrected chi connectivity index (χ4v) is 3.57. The highest BCUT2D eigenvalue weighted by Crippen LogP contribution is 2.26. The highest BCUT2D eigenvalue weighted by atomic mass is 35.5. The number of aromatic amines is 1. The molecule has 2 aromatic carbocycles. The lowest BCUT2D eigenvalue weighted by Crippen LogP contribution is -2.26. The summed E-state index contributed by atoms with van der Waals surface area (Å²) in [4.78, 5) is 3.29. The molecule has 0 atom stereocenters. The summed E-state index contributed by atoms with van der Waals surface area (Å²) >= 11 is 5.92. The second-order valence-electron chi connectivity index (χ2n) is 4.68. The lowest BCUT2D eigenvalue weighted by atomic mass is 10.2. The van der Waals surface area contributed by atoms with E-state index in [1.54, 1.807) is 48.7 Å². The minimum absolute atomic E-state index is 0.247.